The maximum atomic E-state index is 12.5. The second kappa shape index (κ2) is 9.38. The van der Waals surface area contributed by atoms with E-state index in [1.807, 2.05) is 66.9 Å². The average Bonchev–Trinajstić information content (AvgIpc) is 3.50. The third-order valence-corrected chi connectivity index (χ3v) is 5.36. The van der Waals surface area contributed by atoms with Crippen molar-refractivity contribution in [3.8, 4) is 22.6 Å². The van der Waals surface area contributed by atoms with Crippen molar-refractivity contribution in [2.24, 2.45) is 0 Å². The number of anilines is 1. The van der Waals surface area contributed by atoms with Crippen LogP contribution < -0.4 is 5.32 Å². The van der Waals surface area contributed by atoms with Crippen LogP contribution in [0.3, 0.4) is 0 Å². The molecule has 0 atom stereocenters. The van der Waals surface area contributed by atoms with Gasteiger partial charge in [-0.25, -0.2) is 0 Å². The number of fused-ring (bicyclic) bond motifs is 1. The Labute approximate surface area is 196 Å². The number of nitrogens with zero attached hydrogens (tertiary/aromatic N) is 3. The molecule has 0 unspecified atom stereocenters. The Bertz CT molecular complexity index is 1500. The zero-order valence-electron chi connectivity index (χ0n) is 18.3. The van der Waals surface area contributed by atoms with Crippen LogP contribution in [-0.2, 0) is 11.2 Å². The van der Waals surface area contributed by atoms with Gasteiger partial charge in [-0.1, -0.05) is 55.1 Å². The number of aromatic amines is 2. The van der Waals surface area contributed by atoms with E-state index in [4.69, 9.17) is 0 Å². The first-order valence-electron chi connectivity index (χ1n) is 10.8. The molecule has 4 aromatic heterocycles. The molecule has 7 heteroatoms. The minimum atomic E-state index is -0.0984. The van der Waals surface area contributed by atoms with Crippen LogP contribution in [0, 0.1) is 0 Å². The largest absolute Gasteiger partial charge is 0.359 e. The van der Waals surface area contributed by atoms with Crippen LogP contribution in [0.5, 0.6) is 0 Å². The van der Waals surface area contributed by atoms with E-state index in [9.17, 15) is 4.79 Å². The summed E-state index contributed by atoms with van der Waals surface area (Å²) in [5, 5.41) is 11.4. The first-order valence-corrected chi connectivity index (χ1v) is 10.8. The van der Waals surface area contributed by atoms with Gasteiger partial charge in [-0.05, 0) is 29.3 Å². The lowest BCUT2D eigenvalue weighted by Crippen LogP contribution is -2.14. The molecule has 0 aliphatic heterocycles. The molecule has 0 aliphatic rings. The third-order valence-electron chi connectivity index (χ3n) is 5.36. The Hall–Kier alpha value is -4.78. The molecule has 7 nitrogen and oxygen atoms in total. The van der Waals surface area contributed by atoms with Crippen LogP contribution >= 0.6 is 0 Å². The number of hydrogen-bond donors (Lipinski definition) is 3. The van der Waals surface area contributed by atoms with Gasteiger partial charge < -0.3 is 10.3 Å². The topological polar surface area (TPSA) is 99.3 Å². The summed E-state index contributed by atoms with van der Waals surface area (Å²) in [5.41, 5.74) is 6.67. The molecule has 3 N–H and O–H groups in total. The van der Waals surface area contributed by atoms with E-state index in [1.54, 1.807) is 24.7 Å². The summed E-state index contributed by atoms with van der Waals surface area (Å²) in [6, 6.07) is 15.5. The summed E-state index contributed by atoms with van der Waals surface area (Å²) in [6.07, 6.45) is 12.9. The molecule has 1 aromatic carbocycles. The lowest BCUT2D eigenvalue weighted by atomic mass is 10.1. The molecule has 166 valence electrons. The monoisotopic (exact) mass is 446 g/mol. The molecule has 0 bridgehead atoms. The number of allylic oxidation sites excluding steroid dienone is 2. The predicted molar refractivity (Wildman–Crippen MR) is 135 cm³/mol. The van der Waals surface area contributed by atoms with Gasteiger partial charge in [0.2, 0.25) is 5.91 Å². The molecule has 0 saturated heterocycles. The van der Waals surface area contributed by atoms with Crippen LogP contribution in [0.4, 0.5) is 5.69 Å². The summed E-state index contributed by atoms with van der Waals surface area (Å²) < 4.78 is 0. The Kier molecular flexibility index (Phi) is 5.82. The Morgan fingerprint density at radius 2 is 1.97 bits per heavy atom. The normalized spacial score (nSPS) is 11.2. The minimum absolute atomic E-state index is 0.0984. The summed E-state index contributed by atoms with van der Waals surface area (Å²) >= 11 is 0. The van der Waals surface area contributed by atoms with Crippen molar-refractivity contribution in [1.82, 2.24) is 25.1 Å². The SMILES string of the molecule is C=C/C=C\c1c[nH]c(-c2n[nH]c3cnc(-c4cncc(NC(=O)Cc5ccccc5)c4)cc23)c1. The zero-order chi connectivity index (χ0) is 23.3. The van der Waals surface area contributed by atoms with Crippen molar-refractivity contribution >= 4 is 28.6 Å². The first kappa shape index (κ1) is 21.1. The van der Waals surface area contributed by atoms with Gasteiger partial charge in [0, 0.05) is 23.3 Å². The number of aromatic nitrogens is 5. The smallest absolute Gasteiger partial charge is 0.228 e. The van der Waals surface area contributed by atoms with Crippen LogP contribution in [0.15, 0.2) is 92.0 Å². The number of benzene rings is 1. The molecule has 34 heavy (non-hydrogen) atoms. The molecule has 0 radical (unpaired) electrons. The van der Waals surface area contributed by atoms with Crippen LogP contribution in [0.1, 0.15) is 11.1 Å². The van der Waals surface area contributed by atoms with Gasteiger partial charge in [-0.3, -0.25) is 19.9 Å². The maximum absolute atomic E-state index is 12.5. The molecule has 1 amide bonds. The van der Waals surface area contributed by atoms with Gasteiger partial charge in [0.05, 0.1) is 41.4 Å². The summed E-state index contributed by atoms with van der Waals surface area (Å²) in [4.78, 5) is 24.6. The number of rotatable bonds is 7. The van der Waals surface area contributed by atoms with Crippen molar-refractivity contribution in [2.45, 2.75) is 6.42 Å². The molecular weight excluding hydrogens is 424 g/mol. The van der Waals surface area contributed by atoms with Gasteiger partial charge >= 0.3 is 0 Å². The molecule has 0 spiro atoms. The van der Waals surface area contributed by atoms with Gasteiger partial charge in [0.25, 0.3) is 0 Å². The lowest BCUT2D eigenvalue weighted by Gasteiger charge is -2.07. The fourth-order valence-corrected chi connectivity index (χ4v) is 3.74. The third kappa shape index (κ3) is 4.54. The highest BCUT2D eigenvalue weighted by Crippen LogP contribution is 2.29. The standard InChI is InChI=1S/C27H22N6O/c1-2-3-7-19-10-24(29-14-19)27-22-13-23(30-17-25(22)32-33-27)20-12-21(16-28-15-20)31-26(34)11-18-8-5-4-6-9-18/h2-10,12-17,29H,1,11H2,(H,31,34)(H,32,33)/b7-3-. The number of carbonyl (C=O) groups excluding carboxylic acids is 1. The van der Waals surface area contributed by atoms with Crippen molar-refractivity contribution in [3.05, 3.63) is 103 Å². The average molecular weight is 447 g/mol. The molecule has 5 rings (SSSR count). The van der Waals surface area contributed by atoms with Crippen molar-refractivity contribution < 1.29 is 4.79 Å². The number of hydrogen-bond acceptors (Lipinski definition) is 4. The van der Waals surface area contributed by atoms with E-state index < -0.39 is 0 Å². The molecule has 0 saturated carbocycles. The summed E-state index contributed by atoms with van der Waals surface area (Å²) in [7, 11) is 0. The molecule has 5 aromatic rings. The number of carbonyl (C=O) groups is 1. The highest BCUT2D eigenvalue weighted by atomic mass is 16.1. The Balaban J connectivity index is 1.40. The van der Waals surface area contributed by atoms with E-state index in [0.29, 0.717) is 12.1 Å². The van der Waals surface area contributed by atoms with E-state index >= 15 is 0 Å². The van der Waals surface area contributed by atoms with Gasteiger partial charge in [-0.15, -0.1) is 0 Å². The minimum Gasteiger partial charge on any atom is -0.359 e. The van der Waals surface area contributed by atoms with Crippen molar-refractivity contribution in [2.75, 3.05) is 5.32 Å². The highest BCUT2D eigenvalue weighted by Gasteiger charge is 2.13. The lowest BCUT2D eigenvalue weighted by molar-refractivity contribution is -0.115. The van der Waals surface area contributed by atoms with Gasteiger partial charge in [0.15, 0.2) is 0 Å². The number of pyridine rings is 2. The molecule has 0 fully saturated rings. The van der Waals surface area contributed by atoms with E-state index in [2.05, 4.69) is 37.0 Å². The number of H-pyrrole nitrogens is 2. The number of nitrogens with one attached hydrogen (secondary N) is 3. The zero-order valence-corrected chi connectivity index (χ0v) is 18.3. The van der Waals surface area contributed by atoms with E-state index in [1.165, 1.54) is 0 Å². The second-order valence-corrected chi connectivity index (χ2v) is 7.80. The quantitative estimate of drug-likeness (QED) is 0.292. The Morgan fingerprint density at radius 1 is 1.09 bits per heavy atom. The number of amides is 1. The summed E-state index contributed by atoms with van der Waals surface area (Å²) in [6.45, 7) is 3.70. The molecule has 4 heterocycles. The molecular formula is C27H22N6O. The van der Waals surface area contributed by atoms with Gasteiger partial charge in [0.1, 0.15) is 5.69 Å². The van der Waals surface area contributed by atoms with E-state index in [0.717, 1.165) is 44.7 Å². The maximum Gasteiger partial charge on any atom is 0.228 e. The second-order valence-electron chi connectivity index (χ2n) is 7.80. The Morgan fingerprint density at radius 3 is 2.82 bits per heavy atom. The fourth-order valence-electron chi connectivity index (χ4n) is 3.74. The summed E-state index contributed by atoms with van der Waals surface area (Å²) in [5.74, 6) is -0.0984. The fraction of sp³-hybridized carbons (Fsp3) is 0.0370. The van der Waals surface area contributed by atoms with Gasteiger partial charge in [-0.2, -0.15) is 5.10 Å². The molecule has 0 aliphatic carbocycles. The van der Waals surface area contributed by atoms with E-state index in [-0.39, 0.29) is 5.91 Å². The van der Waals surface area contributed by atoms with Crippen LogP contribution in [0.2, 0.25) is 0 Å². The van der Waals surface area contributed by atoms with Crippen molar-refractivity contribution in [1.29, 1.82) is 0 Å². The first-order chi connectivity index (χ1) is 16.7. The highest BCUT2D eigenvalue weighted by molar-refractivity contribution is 5.95. The van der Waals surface area contributed by atoms with Crippen molar-refractivity contribution in [3.63, 3.8) is 0 Å². The van der Waals surface area contributed by atoms with Crippen LogP contribution in [0.25, 0.3) is 39.6 Å². The predicted octanol–water partition coefficient (Wildman–Crippen LogP) is 5.40. The van der Waals surface area contributed by atoms with Crippen LogP contribution in [-0.4, -0.2) is 31.1 Å².